The maximum atomic E-state index is 12.7. The Morgan fingerprint density at radius 1 is 1.23 bits per heavy atom. The number of pyridine rings is 1. The van der Waals surface area contributed by atoms with Crippen LogP contribution in [0.1, 0.15) is 33.6 Å². The Labute approximate surface area is 129 Å². The van der Waals surface area contributed by atoms with Crippen molar-refractivity contribution in [3.05, 3.63) is 40.8 Å². The Morgan fingerprint density at radius 2 is 1.91 bits per heavy atom. The van der Waals surface area contributed by atoms with Crippen molar-refractivity contribution in [2.75, 3.05) is 6.61 Å². The topological polar surface area (TPSA) is 68.5 Å². The van der Waals surface area contributed by atoms with Gasteiger partial charge < -0.3 is 9.84 Å². The summed E-state index contributed by atoms with van der Waals surface area (Å²) in [5.74, 6) is -0.285. The molecule has 0 bridgehead atoms. The van der Waals surface area contributed by atoms with Gasteiger partial charge in [-0.15, -0.1) is 0 Å². The fourth-order valence-electron chi connectivity index (χ4n) is 2.82. The van der Waals surface area contributed by atoms with Crippen LogP contribution in [0, 0.1) is 0 Å². The molecule has 0 fully saturated rings. The minimum atomic E-state index is -1.20. The number of aliphatic carboxylic acids is 1. The van der Waals surface area contributed by atoms with Crippen LogP contribution in [0.25, 0.3) is 10.8 Å². The van der Waals surface area contributed by atoms with E-state index in [1.165, 1.54) is 4.57 Å². The van der Waals surface area contributed by atoms with Gasteiger partial charge in [0.15, 0.2) is 0 Å². The van der Waals surface area contributed by atoms with Crippen molar-refractivity contribution in [3.8, 4) is 5.75 Å². The number of ether oxygens (including phenoxy) is 1. The summed E-state index contributed by atoms with van der Waals surface area (Å²) in [4.78, 5) is 24.5. The third-order valence-electron chi connectivity index (χ3n) is 4.22. The van der Waals surface area contributed by atoms with Crippen LogP contribution >= 0.6 is 0 Å². The van der Waals surface area contributed by atoms with E-state index in [0.717, 1.165) is 5.39 Å². The summed E-state index contributed by atoms with van der Waals surface area (Å²) in [5, 5.41) is 10.9. The van der Waals surface area contributed by atoms with Crippen LogP contribution in [-0.2, 0) is 10.3 Å². The first-order chi connectivity index (χ1) is 10.5. The summed E-state index contributed by atoms with van der Waals surface area (Å²) >= 11 is 0. The molecule has 0 unspecified atom stereocenters. The van der Waals surface area contributed by atoms with Gasteiger partial charge in [-0.3, -0.25) is 9.36 Å². The largest absolute Gasteiger partial charge is 0.494 e. The molecule has 0 radical (unpaired) electrons. The number of hydrogen-bond donors (Lipinski definition) is 1. The first-order valence-corrected chi connectivity index (χ1v) is 7.52. The van der Waals surface area contributed by atoms with Gasteiger partial charge in [-0.2, -0.15) is 0 Å². The van der Waals surface area contributed by atoms with Crippen molar-refractivity contribution in [1.82, 2.24) is 4.57 Å². The zero-order valence-electron chi connectivity index (χ0n) is 13.1. The zero-order valence-corrected chi connectivity index (χ0v) is 13.1. The average molecular weight is 303 g/mol. The maximum absolute atomic E-state index is 12.7. The molecule has 1 aromatic heterocycles. The van der Waals surface area contributed by atoms with Crippen molar-refractivity contribution >= 4 is 16.7 Å². The standard InChI is InChI=1S/C17H21NO4/c1-4-17(5-2,16(20)21)18-10-9-12-11-13(22-6-3)7-8-14(12)15(18)19/h7-11H,4-6H2,1-3H3,(H,20,21). The Kier molecular flexibility index (Phi) is 4.54. The molecule has 5 nitrogen and oxygen atoms in total. The molecule has 0 aliphatic heterocycles. The lowest BCUT2D eigenvalue weighted by Crippen LogP contribution is -2.46. The molecule has 0 aliphatic rings. The summed E-state index contributed by atoms with van der Waals surface area (Å²) in [7, 11) is 0. The normalized spacial score (nSPS) is 11.6. The van der Waals surface area contributed by atoms with Crippen LogP contribution in [0.4, 0.5) is 0 Å². The average Bonchev–Trinajstić information content (AvgIpc) is 2.51. The van der Waals surface area contributed by atoms with Crippen molar-refractivity contribution < 1.29 is 14.6 Å². The van der Waals surface area contributed by atoms with Crippen molar-refractivity contribution in [2.45, 2.75) is 39.2 Å². The molecular weight excluding hydrogens is 282 g/mol. The van der Waals surface area contributed by atoms with E-state index in [9.17, 15) is 14.7 Å². The van der Waals surface area contributed by atoms with Gasteiger partial charge in [-0.05, 0) is 49.4 Å². The van der Waals surface area contributed by atoms with Crippen LogP contribution in [-0.4, -0.2) is 22.2 Å². The predicted octanol–water partition coefficient (Wildman–Crippen LogP) is 3.00. The van der Waals surface area contributed by atoms with Crippen molar-refractivity contribution in [2.24, 2.45) is 0 Å². The summed E-state index contributed by atoms with van der Waals surface area (Å²) in [6.45, 7) is 6.02. The number of hydrogen-bond acceptors (Lipinski definition) is 3. The smallest absolute Gasteiger partial charge is 0.329 e. The fraction of sp³-hybridized carbons (Fsp3) is 0.412. The van der Waals surface area contributed by atoms with Crippen LogP contribution in [0.3, 0.4) is 0 Å². The first-order valence-electron chi connectivity index (χ1n) is 7.52. The van der Waals surface area contributed by atoms with Gasteiger partial charge in [0.2, 0.25) is 0 Å². The summed E-state index contributed by atoms with van der Waals surface area (Å²) in [6.07, 6.45) is 2.27. The molecule has 1 heterocycles. The molecule has 2 rings (SSSR count). The second-order valence-corrected chi connectivity index (χ2v) is 5.22. The summed E-state index contributed by atoms with van der Waals surface area (Å²) in [6, 6.07) is 6.99. The molecule has 1 aromatic carbocycles. The Hall–Kier alpha value is -2.30. The van der Waals surface area contributed by atoms with Gasteiger partial charge in [0.05, 0.1) is 6.61 Å². The van der Waals surface area contributed by atoms with E-state index in [4.69, 9.17) is 4.74 Å². The number of rotatable bonds is 6. The second-order valence-electron chi connectivity index (χ2n) is 5.22. The molecular formula is C17H21NO4. The van der Waals surface area contributed by atoms with E-state index in [1.54, 1.807) is 44.3 Å². The number of nitrogens with zero attached hydrogens (tertiary/aromatic N) is 1. The minimum absolute atomic E-state index is 0.286. The lowest BCUT2D eigenvalue weighted by atomic mass is 9.92. The Bertz CT molecular complexity index is 744. The lowest BCUT2D eigenvalue weighted by molar-refractivity contribution is -0.148. The number of carbonyl (C=O) groups is 1. The second kappa shape index (κ2) is 6.22. The highest BCUT2D eigenvalue weighted by atomic mass is 16.5. The van der Waals surface area contributed by atoms with Crippen LogP contribution < -0.4 is 10.3 Å². The molecule has 0 aliphatic carbocycles. The highest BCUT2D eigenvalue weighted by Gasteiger charge is 2.37. The molecule has 1 N–H and O–H groups in total. The van der Waals surface area contributed by atoms with Crippen LogP contribution in [0.2, 0.25) is 0 Å². The molecule has 0 amide bonds. The number of fused-ring (bicyclic) bond motifs is 1. The van der Waals surface area contributed by atoms with Crippen molar-refractivity contribution in [3.63, 3.8) is 0 Å². The van der Waals surface area contributed by atoms with Gasteiger partial charge in [0.25, 0.3) is 5.56 Å². The maximum Gasteiger partial charge on any atom is 0.329 e. The van der Waals surface area contributed by atoms with E-state index >= 15 is 0 Å². The van der Waals surface area contributed by atoms with Crippen LogP contribution in [0.5, 0.6) is 5.75 Å². The predicted molar refractivity (Wildman–Crippen MR) is 85.6 cm³/mol. The third-order valence-corrected chi connectivity index (χ3v) is 4.22. The van der Waals surface area contributed by atoms with Crippen molar-refractivity contribution in [1.29, 1.82) is 0 Å². The molecule has 22 heavy (non-hydrogen) atoms. The zero-order chi connectivity index (χ0) is 16.3. The quantitative estimate of drug-likeness (QED) is 0.890. The number of carboxylic acid groups (broad SMARTS) is 1. The van der Waals surface area contributed by atoms with E-state index < -0.39 is 11.5 Å². The van der Waals surface area contributed by atoms with Gasteiger partial charge in [-0.1, -0.05) is 13.8 Å². The summed E-state index contributed by atoms with van der Waals surface area (Å²) < 4.78 is 6.77. The number of carboxylic acids is 1. The molecule has 118 valence electrons. The molecule has 5 heteroatoms. The number of benzene rings is 1. The van der Waals surface area contributed by atoms with E-state index in [-0.39, 0.29) is 5.56 Å². The highest BCUT2D eigenvalue weighted by Crippen LogP contribution is 2.26. The SMILES string of the molecule is CCOc1ccc2c(=O)n(C(CC)(CC)C(=O)O)ccc2c1. The monoisotopic (exact) mass is 303 g/mol. The first kappa shape index (κ1) is 16.1. The Morgan fingerprint density at radius 3 is 2.45 bits per heavy atom. The minimum Gasteiger partial charge on any atom is -0.494 e. The van der Waals surface area contributed by atoms with Gasteiger partial charge in [0, 0.05) is 11.6 Å². The molecule has 2 aromatic rings. The molecule has 0 spiro atoms. The van der Waals surface area contributed by atoms with Gasteiger partial charge in [0.1, 0.15) is 11.3 Å². The van der Waals surface area contributed by atoms with Crippen LogP contribution in [0.15, 0.2) is 35.3 Å². The third kappa shape index (κ3) is 2.47. The van der Waals surface area contributed by atoms with E-state index in [0.29, 0.717) is 30.6 Å². The summed E-state index contributed by atoms with van der Waals surface area (Å²) in [5.41, 5.74) is -1.49. The van der Waals surface area contributed by atoms with E-state index in [2.05, 4.69) is 0 Å². The number of aromatic nitrogens is 1. The lowest BCUT2D eigenvalue weighted by Gasteiger charge is -2.29. The molecule has 0 atom stereocenters. The fourth-order valence-corrected chi connectivity index (χ4v) is 2.82. The van der Waals surface area contributed by atoms with Gasteiger partial charge in [-0.25, -0.2) is 4.79 Å². The van der Waals surface area contributed by atoms with Gasteiger partial charge >= 0.3 is 5.97 Å². The Balaban J connectivity index is 2.67. The van der Waals surface area contributed by atoms with E-state index in [1.807, 2.05) is 6.92 Å². The highest BCUT2D eigenvalue weighted by molar-refractivity contribution is 5.84. The molecule has 0 saturated carbocycles. The molecule has 0 saturated heterocycles.